The summed E-state index contributed by atoms with van der Waals surface area (Å²) >= 11 is 0. The summed E-state index contributed by atoms with van der Waals surface area (Å²) < 4.78 is 63.4. The number of likely N-dealkylation sites (N-methyl/N-ethyl adjacent to an activating group) is 1. The molecule has 0 unspecified atom stereocenters. The van der Waals surface area contributed by atoms with E-state index in [0.29, 0.717) is 35.6 Å². The number of carbonyl (C=O) groups is 1. The number of rotatable bonds is 10. The summed E-state index contributed by atoms with van der Waals surface area (Å²) in [5.41, 5.74) is 1.35. The van der Waals surface area contributed by atoms with E-state index in [4.69, 9.17) is 9.47 Å². The van der Waals surface area contributed by atoms with Crippen molar-refractivity contribution >= 4 is 5.91 Å². The molecule has 0 bridgehead atoms. The fourth-order valence-corrected chi connectivity index (χ4v) is 4.03. The molecule has 0 heterocycles. The maximum atomic E-state index is 13.4. The van der Waals surface area contributed by atoms with Crippen LogP contribution in [0.5, 0.6) is 11.5 Å². The molecular weight excluding hydrogens is 476 g/mol. The van der Waals surface area contributed by atoms with Crippen LogP contribution in [0, 0.1) is 5.82 Å². The van der Waals surface area contributed by atoms with Crippen LogP contribution in [0.3, 0.4) is 0 Å². The van der Waals surface area contributed by atoms with Crippen molar-refractivity contribution in [3.8, 4) is 11.5 Å². The molecular formula is C27H28F4N2O3. The standard InChI is InChI=1S/C27H28F4N2O3/c1-32-26(34)25(18-6-11-21(28)12-7-18)33-15-14-22(17-4-9-20(10-5-17)27(29,30)31)19-8-13-23(35-2)24(16-19)36-3/h4-13,16,22,25,33H,14-15H2,1-3H3,(H,32,34)/t22-,25-/m1/s1. The van der Waals surface area contributed by atoms with E-state index >= 15 is 0 Å². The molecule has 9 heteroatoms. The lowest BCUT2D eigenvalue weighted by Gasteiger charge is -2.23. The number of amides is 1. The first-order valence-electron chi connectivity index (χ1n) is 11.3. The summed E-state index contributed by atoms with van der Waals surface area (Å²) in [6.07, 6.45) is -3.98. The van der Waals surface area contributed by atoms with Gasteiger partial charge in [0.25, 0.3) is 0 Å². The molecule has 0 saturated carbocycles. The molecule has 3 aromatic rings. The van der Waals surface area contributed by atoms with E-state index in [-0.39, 0.29) is 11.8 Å². The number of benzene rings is 3. The van der Waals surface area contributed by atoms with E-state index in [1.54, 1.807) is 12.1 Å². The van der Waals surface area contributed by atoms with E-state index in [9.17, 15) is 22.4 Å². The molecule has 0 fully saturated rings. The SMILES string of the molecule is CNC(=O)[C@H](NCC[C@H](c1ccc(C(F)(F)F)cc1)c1ccc(OC)c(OC)c1)c1ccc(F)cc1. The van der Waals surface area contributed by atoms with Gasteiger partial charge in [-0.3, -0.25) is 4.79 Å². The normalized spacial score (nSPS) is 13.1. The van der Waals surface area contributed by atoms with E-state index in [1.807, 2.05) is 6.07 Å². The Balaban J connectivity index is 1.89. The fraction of sp³-hybridized carbons (Fsp3) is 0.296. The Morgan fingerprint density at radius 3 is 2.00 bits per heavy atom. The third-order valence-electron chi connectivity index (χ3n) is 5.94. The first-order valence-corrected chi connectivity index (χ1v) is 11.3. The van der Waals surface area contributed by atoms with Crippen molar-refractivity contribution in [1.29, 1.82) is 0 Å². The number of hydrogen-bond acceptors (Lipinski definition) is 4. The highest BCUT2D eigenvalue weighted by molar-refractivity contribution is 5.82. The first kappa shape index (κ1) is 27.0. The number of halogens is 4. The summed E-state index contributed by atoms with van der Waals surface area (Å²) in [6.45, 7) is 0.343. The molecule has 5 nitrogen and oxygen atoms in total. The van der Waals surface area contributed by atoms with Gasteiger partial charge in [0.1, 0.15) is 11.9 Å². The van der Waals surface area contributed by atoms with E-state index in [0.717, 1.165) is 17.7 Å². The second-order valence-corrected chi connectivity index (χ2v) is 8.13. The minimum absolute atomic E-state index is 0.293. The van der Waals surface area contributed by atoms with Gasteiger partial charge in [-0.1, -0.05) is 30.3 Å². The number of nitrogens with one attached hydrogen (secondary N) is 2. The lowest BCUT2D eigenvalue weighted by molar-refractivity contribution is -0.137. The zero-order chi connectivity index (χ0) is 26.3. The van der Waals surface area contributed by atoms with Crippen molar-refractivity contribution < 1.29 is 31.8 Å². The van der Waals surface area contributed by atoms with Gasteiger partial charge in [0.05, 0.1) is 19.8 Å². The monoisotopic (exact) mass is 504 g/mol. The molecule has 192 valence electrons. The summed E-state index contributed by atoms with van der Waals surface area (Å²) in [4.78, 5) is 12.5. The Morgan fingerprint density at radius 1 is 0.861 bits per heavy atom. The predicted molar refractivity (Wildman–Crippen MR) is 129 cm³/mol. The van der Waals surface area contributed by atoms with Crippen molar-refractivity contribution in [1.82, 2.24) is 10.6 Å². The predicted octanol–water partition coefficient (Wildman–Crippen LogP) is 5.46. The molecule has 3 aromatic carbocycles. The van der Waals surface area contributed by atoms with Crippen LogP contribution in [0.25, 0.3) is 0 Å². The van der Waals surface area contributed by atoms with Gasteiger partial charge in [0, 0.05) is 13.0 Å². The maximum absolute atomic E-state index is 13.4. The highest BCUT2D eigenvalue weighted by Gasteiger charge is 2.30. The average Bonchev–Trinajstić information content (AvgIpc) is 2.88. The van der Waals surface area contributed by atoms with Crippen molar-refractivity contribution in [3.63, 3.8) is 0 Å². The number of methoxy groups -OCH3 is 2. The molecule has 0 aromatic heterocycles. The molecule has 0 aliphatic heterocycles. The largest absolute Gasteiger partial charge is 0.493 e. The Labute approximate surface area is 207 Å². The topological polar surface area (TPSA) is 59.6 Å². The van der Waals surface area contributed by atoms with Crippen LogP contribution >= 0.6 is 0 Å². The number of hydrogen-bond donors (Lipinski definition) is 2. The minimum Gasteiger partial charge on any atom is -0.493 e. The van der Waals surface area contributed by atoms with Crippen LogP contribution in [0.2, 0.25) is 0 Å². The van der Waals surface area contributed by atoms with Crippen molar-refractivity contribution in [2.75, 3.05) is 27.8 Å². The van der Waals surface area contributed by atoms with Crippen LogP contribution in [-0.4, -0.2) is 33.7 Å². The average molecular weight is 505 g/mol. The van der Waals surface area contributed by atoms with Crippen LogP contribution in [-0.2, 0) is 11.0 Å². The molecule has 0 aliphatic rings. The summed E-state index contributed by atoms with van der Waals surface area (Å²) in [5, 5.41) is 5.79. The third-order valence-corrected chi connectivity index (χ3v) is 5.94. The molecule has 2 atom stereocenters. The van der Waals surface area contributed by atoms with Crippen LogP contribution in [0.15, 0.2) is 66.7 Å². The van der Waals surface area contributed by atoms with Crippen molar-refractivity contribution in [2.45, 2.75) is 24.6 Å². The number of carbonyl (C=O) groups excluding carboxylic acids is 1. The third kappa shape index (κ3) is 6.54. The van der Waals surface area contributed by atoms with E-state index < -0.39 is 23.6 Å². The number of ether oxygens (including phenoxy) is 2. The lowest BCUT2D eigenvalue weighted by atomic mass is 9.87. The zero-order valence-electron chi connectivity index (χ0n) is 20.2. The quantitative estimate of drug-likeness (QED) is 0.360. The van der Waals surface area contributed by atoms with Crippen molar-refractivity contribution in [3.05, 3.63) is 94.8 Å². The van der Waals surface area contributed by atoms with Gasteiger partial charge < -0.3 is 20.1 Å². The van der Waals surface area contributed by atoms with Gasteiger partial charge >= 0.3 is 6.18 Å². The highest BCUT2D eigenvalue weighted by atomic mass is 19.4. The molecule has 0 radical (unpaired) electrons. The minimum atomic E-state index is -4.44. The Hall–Kier alpha value is -3.59. The zero-order valence-corrected chi connectivity index (χ0v) is 20.2. The van der Waals surface area contributed by atoms with Gasteiger partial charge in [-0.2, -0.15) is 13.2 Å². The summed E-state index contributed by atoms with van der Waals surface area (Å²) in [5.74, 6) is 0.0122. The van der Waals surface area contributed by atoms with Crippen LogP contribution in [0.1, 0.15) is 40.6 Å². The molecule has 0 spiro atoms. The van der Waals surface area contributed by atoms with E-state index in [2.05, 4.69) is 10.6 Å². The Bertz CT molecular complexity index is 1150. The van der Waals surface area contributed by atoms with Crippen LogP contribution < -0.4 is 20.1 Å². The lowest BCUT2D eigenvalue weighted by Crippen LogP contribution is -2.36. The Kier molecular flexibility index (Phi) is 8.93. The molecule has 0 saturated heterocycles. The second kappa shape index (κ2) is 11.9. The summed E-state index contributed by atoms with van der Waals surface area (Å²) in [6, 6.07) is 15.3. The molecule has 36 heavy (non-hydrogen) atoms. The van der Waals surface area contributed by atoms with Gasteiger partial charge in [0.2, 0.25) is 5.91 Å². The molecule has 0 aliphatic carbocycles. The highest BCUT2D eigenvalue weighted by Crippen LogP contribution is 2.36. The molecule has 2 N–H and O–H groups in total. The van der Waals surface area contributed by atoms with Gasteiger partial charge in [-0.25, -0.2) is 4.39 Å². The molecule has 1 amide bonds. The van der Waals surface area contributed by atoms with Gasteiger partial charge in [-0.15, -0.1) is 0 Å². The fourth-order valence-electron chi connectivity index (χ4n) is 4.03. The van der Waals surface area contributed by atoms with Crippen molar-refractivity contribution in [2.24, 2.45) is 0 Å². The maximum Gasteiger partial charge on any atom is 0.416 e. The van der Waals surface area contributed by atoms with Crippen LogP contribution in [0.4, 0.5) is 17.6 Å². The summed E-state index contributed by atoms with van der Waals surface area (Å²) in [7, 11) is 4.53. The number of alkyl halides is 3. The smallest absolute Gasteiger partial charge is 0.416 e. The van der Waals surface area contributed by atoms with Gasteiger partial charge in [0.15, 0.2) is 11.5 Å². The Morgan fingerprint density at radius 2 is 1.44 bits per heavy atom. The second-order valence-electron chi connectivity index (χ2n) is 8.13. The van der Waals surface area contributed by atoms with E-state index in [1.165, 1.54) is 57.7 Å². The van der Waals surface area contributed by atoms with Gasteiger partial charge in [-0.05, 0) is 66.1 Å². The first-order chi connectivity index (χ1) is 17.2. The molecule has 3 rings (SSSR count).